The van der Waals surface area contributed by atoms with Crippen molar-refractivity contribution < 1.29 is 27.4 Å². The lowest BCUT2D eigenvalue weighted by atomic mass is 9.77. The molecule has 1 spiro atoms. The second-order valence-corrected chi connectivity index (χ2v) is 13.1. The van der Waals surface area contributed by atoms with Crippen molar-refractivity contribution in [3.05, 3.63) is 53.7 Å². The molecule has 3 fully saturated rings. The van der Waals surface area contributed by atoms with Gasteiger partial charge in [-0.2, -0.15) is 13.2 Å². The van der Waals surface area contributed by atoms with Gasteiger partial charge in [-0.15, -0.1) is 0 Å². The SMILES string of the molecule is CNC(=O)c1ccc(NCC#Cc2cc3c(N[C@H]4CC[C@H](N5CCC6(CCOC6)CC5)CC4)cccc3n2CC(F)(F)F)c(OC)c1. The van der Waals surface area contributed by atoms with Crippen molar-refractivity contribution in [2.75, 3.05) is 57.6 Å². The molecule has 2 aliphatic heterocycles. The van der Waals surface area contributed by atoms with E-state index in [4.69, 9.17) is 9.47 Å². The maximum absolute atomic E-state index is 13.7. The molecule has 1 aromatic heterocycles. The minimum atomic E-state index is -4.40. The van der Waals surface area contributed by atoms with Gasteiger partial charge < -0.3 is 34.9 Å². The van der Waals surface area contributed by atoms with Gasteiger partial charge in [-0.05, 0) is 106 Å². The van der Waals surface area contributed by atoms with Crippen molar-refractivity contribution in [1.29, 1.82) is 0 Å². The number of rotatable bonds is 8. The number of aromatic nitrogens is 1. The van der Waals surface area contributed by atoms with Crippen molar-refractivity contribution in [2.45, 2.75) is 69.8 Å². The Bertz CT molecular complexity index is 1620. The van der Waals surface area contributed by atoms with Gasteiger partial charge >= 0.3 is 6.18 Å². The van der Waals surface area contributed by atoms with E-state index in [0.717, 1.165) is 63.1 Å². The highest BCUT2D eigenvalue weighted by molar-refractivity contribution is 5.95. The fraction of sp³-hybridized carbons (Fsp3) is 0.528. The van der Waals surface area contributed by atoms with Gasteiger partial charge in [0.2, 0.25) is 0 Å². The molecular weight excluding hydrogens is 607 g/mol. The van der Waals surface area contributed by atoms with Crippen LogP contribution < -0.4 is 20.7 Å². The molecular formula is C36H44F3N5O3. The molecule has 3 N–H and O–H groups in total. The molecule has 8 nitrogen and oxygen atoms in total. The molecule has 0 bridgehead atoms. The van der Waals surface area contributed by atoms with E-state index in [1.54, 1.807) is 37.4 Å². The Hall–Kier alpha value is -3.88. The molecule has 0 radical (unpaired) electrons. The topological polar surface area (TPSA) is 79.8 Å². The minimum absolute atomic E-state index is 0.170. The van der Waals surface area contributed by atoms with Crippen molar-refractivity contribution >= 4 is 28.2 Å². The maximum Gasteiger partial charge on any atom is 0.406 e. The molecule has 2 aromatic carbocycles. The molecule has 1 aliphatic carbocycles. The Labute approximate surface area is 274 Å². The molecule has 3 aliphatic rings. The van der Waals surface area contributed by atoms with Crippen LogP contribution in [0.4, 0.5) is 24.5 Å². The first-order valence-corrected chi connectivity index (χ1v) is 16.6. The number of nitrogens with one attached hydrogen (secondary N) is 3. The Morgan fingerprint density at radius 2 is 1.85 bits per heavy atom. The monoisotopic (exact) mass is 651 g/mol. The first-order valence-electron chi connectivity index (χ1n) is 16.6. The zero-order valence-electron chi connectivity index (χ0n) is 27.1. The van der Waals surface area contributed by atoms with Crippen LogP contribution in [0, 0.1) is 17.3 Å². The van der Waals surface area contributed by atoms with Gasteiger partial charge in [-0.25, -0.2) is 0 Å². The molecule has 11 heteroatoms. The molecule has 3 aromatic rings. The Morgan fingerprint density at radius 1 is 1.06 bits per heavy atom. The van der Waals surface area contributed by atoms with Crippen LogP contribution in [0.1, 0.15) is 61.0 Å². The summed E-state index contributed by atoms with van der Waals surface area (Å²) in [5.74, 6) is 6.17. The number of benzene rings is 2. The number of nitrogens with zero attached hydrogens (tertiary/aromatic N) is 2. The van der Waals surface area contributed by atoms with Crippen molar-refractivity contribution in [1.82, 2.24) is 14.8 Å². The van der Waals surface area contributed by atoms with Gasteiger partial charge in [0.15, 0.2) is 0 Å². The number of halogens is 3. The number of methoxy groups -OCH3 is 1. The summed E-state index contributed by atoms with van der Waals surface area (Å²) < 4.78 is 53.6. The Balaban J connectivity index is 1.13. The van der Waals surface area contributed by atoms with Crippen LogP contribution in [-0.2, 0) is 11.3 Å². The highest BCUT2D eigenvalue weighted by Crippen LogP contribution is 2.41. The number of carbonyl (C=O) groups is 1. The average molecular weight is 652 g/mol. The summed E-state index contributed by atoms with van der Waals surface area (Å²) >= 11 is 0. The number of ether oxygens (including phenoxy) is 2. The van der Waals surface area contributed by atoms with Crippen LogP contribution >= 0.6 is 0 Å². The van der Waals surface area contributed by atoms with Gasteiger partial charge in [0.25, 0.3) is 5.91 Å². The molecule has 1 saturated carbocycles. The number of alkyl halides is 3. The Morgan fingerprint density at radius 3 is 2.53 bits per heavy atom. The van der Waals surface area contributed by atoms with Gasteiger partial charge in [0, 0.05) is 42.4 Å². The normalized spacial score (nSPS) is 21.3. The molecule has 1 amide bonds. The first kappa shape index (κ1) is 33.0. The van der Waals surface area contributed by atoms with Gasteiger partial charge in [0.05, 0.1) is 37.2 Å². The number of likely N-dealkylation sites (tertiary alicyclic amines) is 1. The largest absolute Gasteiger partial charge is 0.495 e. The lowest BCUT2D eigenvalue weighted by Crippen LogP contribution is -2.47. The molecule has 0 unspecified atom stereocenters. The minimum Gasteiger partial charge on any atom is -0.495 e. The fourth-order valence-corrected chi connectivity index (χ4v) is 7.47. The highest BCUT2D eigenvalue weighted by atomic mass is 19.4. The van der Waals surface area contributed by atoms with Gasteiger partial charge in [-0.1, -0.05) is 12.0 Å². The van der Waals surface area contributed by atoms with Crippen molar-refractivity contribution in [3.8, 4) is 17.6 Å². The standard InChI is InChI=1S/C36H44F3N5O3/c1-40-34(45)25-8-13-31(33(21-25)46-2)41-17-4-5-28-22-29-30(6-3-7-32(29)44(28)23-36(37,38)39)42-26-9-11-27(12-10-26)43-18-14-35(15-19-43)16-20-47-24-35/h3,6-8,13,21-22,26-27,41-42H,9-12,14-20,23-24H2,1-2H3,(H,40,45)/t26-,27-. The zero-order valence-corrected chi connectivity index (χ0v) is 27.1. The van der Waals surface area contributed by atoms with Crippen LogP contribution in [0.3, 0.4) is 0 Å². The molecule has 3 heterocycles. The lowest BCUT2D eigenvalue weighted by Gasteiger charge is -2.44. The number of hydrogen-bond acceptors (Lipinski definition) is 6. The number of fused-ring (bicyclic) bond motifs is 1. The smallest absolute Gasteiger partial charge is 0.406 e. The number of carbonyl (C=O) groups excluding carboxylic acids is 1. The second kappa shape index (κ2) is 14.1. The number of hydrogen-bond donors (Lipinski definition) is 3. The van der Waals surface area contributed by atoms with E-state index in [1.807, 2.05) is 12.1 Å². The van der Waals surface area contributed by atoms with Gasteiger partial charge in [0.1, 0.15) is 12.3 Å². The summed E-state index contributed by atoms with van der Waals surface area (Å²) in [6, 6.07) is 13.1. The summed E-state index contributed by atoms with van der Waals surface area (Å²) in [5.41, 5.74) is 3.13. The van der Waals surface area contributed by atoms with Crippen molar-refractivity contribution in [2.24, 2.45) is 5.41 Å². The molecule has 2 saturated heterocycles. The molecule has 6 rings (SSSR count). The lowest BCUT2D eigenvalue weighted by molar-refractivity contribution is -0.140. The van der Waals surface area contributed by atoms with Crippen LogP contribution in [0.2, 0.25) is 0 Å². The van der Waals surface area contributed by atoms with E-state index in [0.29, 0.717) is 39.7 Å². The Kier molecular flexibility index (Phi) is 9.90. The first-order chi connectivity index (χ1) is 22.7. The zero-order chi connectivity index (χ0) is 33.0. The third-order valence-corrected chi connectivity index (χ3v) is 10.2. The predicted molar refractivity (Wildman–Crippen MR) is 178 cm³/mol. The van der Waals surface area contributed by atoms with Crippen LogP contribution in [0.5, 0.6) is 5.75 Å². The molecule has 0 atom stereocenters. The van der Waals surface area contributed by atoms with E-state index >= 15 is 0 Å². The number of piperidine rings is 1. The second-order valence-electron chi connectivity index (χ2n) is 13.1. The summed E-state index contributed by atoms with van der Waals surface area (Å²) in [4.78, 5) is 14.6. The van der Waals surface area contributed by atoms with Crippen molar-refractivity contribution in [3.63, 3.8) is 0 Å². The highest BCUT2D eigenvalue weighted by Gasteiger charge is 2.40. The van der Waals surface area contributed by atoms with Gasteiger partial charge in [-0.3, -0.25) is 4.79 Å². The molecule has 47 heavy (non-hydrogen) atoms. The van der Waals surface area contributed by atoms with Crippen LogP contribution in [0.25, 0.3) is 10.9 Å². The summed E-state index contributed by atoms with van der Waals surface area (Å²) in [6.07, 6.45) is 3.55. The summed E-state index contributed by atoms with van der Waals surface area (Å²) in [7, 11) is 3.05. The quantitative estimate of drug-likeness (QED) is 0.250. The third kappa shape index (κ3) is 7.65. The predicted octanol–water partition coefficient (Wildman–Crippen LogP) is 6.26. The summed E-state index contributed by atoms with van der Waals surface area (Å²) in [6.45, 7) is 3.16. The van der Waals surface area contributed by atoms with E-state index in [-0.39, 0.29) is 18.5 Å². The fourth-order valence-electron chi connectivity index (χ4n) is 7.47. The van der Waals surface area contributed by atoms with Crippen LogP contribution in [-0.4, -0.2) is 80.6 Å². The number of anilines is 2. The van der Waals surface area contributed by atoms with E-state index < -0.39 is 12.7 Å². The van der Waals surface area contributed by atoms with E-state index in [2.05, 4.69) is 32.7 Å². The van der Waals surface area contributed by atoms with E-state index in [1.165, 1.54) is 30.9 Å². The molecule has 252 valence electrons. The average Bonchev–Trinajstić information content (AvgIpc) is 3.67. The third-order valence-electron chi connectivity index (χ3n) is 10.2. The maximum atomic E-state index is 13.7. The van der Waals surface area contributed by atoms with E-state index in [9.17, 15) is 18.0 Å². The van der Waals surface area contributed by atoms with Crippen LogP contribution in [0.15, 0.2) is 42.5 Å². The number of amides is 1. The summed E-state index contributed by atoms with van der Waals surface area (Å²) in [5, 5.41) is 10.1.